The molecule has 0 spiro atoms. The van der Waals surface area contributed by atoms with Crippen LogP contribution in [-0.4, -0.2) is 35.5 Å². The maximum atomic E-state index is 12.5. The lowest BCUT2D eigenvalue weighted by molar-refractivity contribution is -0.121. The Bertz CT molecular complexity index is 1240. The number of rotatable bonds is 8. The van der Waals surface area contributed by atoms with Crippen molar-refractivity contribution in [3.05, 3.63) is 57.6 Å². The number of hydrogen-bond donors (Lipinski definition) is 3. The van der Waals surface area contributed by atoms with Crippen LogP contribution in [0.1, 0.15) is 38.8 Å². The van der Waals surface area contributed by atoms with Crippen molar-refractivity contribution in [3.63, 3.8) is 0 Å². The molecule has 0 fully saturated rings. The molecule has 0 radical (unpaired) electrons. The molecule has 1 aliphatic heterocycles. The number of anilines is 1. The summed E-state index contributed by atoms with van der Waals surface area (Å²) in [6, 6.07) is 10.8. The van der Waals surface area contributed by atoms with E-state index >= 15 is 0 Å². The highest BCUT2D eigenvalue weighted by Crippen LogP contribution is 2.24. The van der Waals surface area contributed by atoms with Crippen LogP contribution in [0.2, 0.25) is 0 Å². The summed E-state index contributed by atoms with van der Waals surface area (Å²) in [5.41, 5.74) is 4.54. The highest BCUT2D eigenvalue weighted by Gasteiger charge is 2.19. The number of hydrogen-bond acceptors (Lipinski definition) is 8. The summed E-state index contributed by atoms with van der Waals surface area (Å²) >= 11 is 1.39. The third kappa shape index (κ3) is 5.56. The van der Waals surface area contributed by atoms with Crippen LogP contribution in [0.3, 0.4) is 0 Å². The Hall–Kier alpha value is -3.83. The first-order chi connectivity index (χ1) is 16.4. The zero-order valence-corrected chi connectivity index (χ0v) is 19.5. The molecule has 3 heterocycles. The van der Waals surface area contributed by atoms with Gasteiger partial charge in [0.25, 0.3) is 11.8 Å². The van der Waals surface area contributed by atoms with Crippen LogP contribution in [0, 0.1) is 6.92 Å². The van der Waals surface area contributed by atoms with Crippen molar-refractivity contribution in [2.75, 3.05) is 12.4 Å². The summed E-state index contributed by atoms with van der Waals surface area (Å²) in [5, 5.41) is 9.40. The van der Waals surface area contributed by atoms with Gasteiger partial charge < -0.3 is 19.8 Å². The molecule has 0 saturated carbocycles. The fourth-order valence-electron chi connectivity index (χ4n) is 3.23. The molecule has 2 aromatic heterocycles. The molecule has 11 heteroatoms. The minimum Gasteiger partial charge on any atom is -0.441 e. The van der Waals surface area contributed by atoms with E-state index in [9.17, 15) is 14.4 Å². The van der Waals surface area contributed by atoms with Gasteiger partial charge in [-0.1, -0.05) is 0 Å². The predicted octanol–water partition coefficient (Wildman–Crippen LogP) is 2.99. The Labute approximate surface area is 199 Å². The number of carbonyl (C=O) groups is 3. The second-order valence-electron chi connectivity index (χ2n) is 7.53. The molecule has 1 aliphatic rings. The van der Waals surface area contributed by atoms with E-state index in [4.69, 9.17) is 9.15 Å². The van der Waals surface area contributed by atoms with Gasteiger partial charge in [-0.15, -0.1) is 11.3 Å². The molecular formula is C23H23N5O5S. The standard InChI is InChI=1S/C23H23N5O5S/c1-13-18(11-24-21(30)17-8-10-20(29)28-27-17)26-23(33-13)14-3-5-15(6-4-14)25-22(31)19-9-7-16(34-19)12-32-2/h3-7,9H,8,10-12H2,1-2H3,(H,24,30)(H,25,31)(H,28,29). The Morgan fingerprint density at radius 2 is 1.94 bits per heavy atom. The van der Waals surface area contributed by atoms with Crippen LogP contribution in [0.5, 0.6) is 0 Å². The van der Waals surface area contributed by atoms with Crippen LogP contribution in [0.25, 0.3) is 11.5 Å². The lowest BCUT2D eigenvalue weighted by Gasteiger charge is -2.11. The normalized spacial score (nSPS) is 13.2. The Morgan fingerprint density at radius 1 is 1.15 bits per heavy atom. The van der Waals surface area contributed by atoms with E-state index in [-0.39, 0.29) is 36.4 Å². The summed E-state index contributed by atoms with van der Waals surface area (Å²) in [4.78, 5) is 41.9. The number of aromatic nitrogens is 1. The average Bonchev–Trinajstić information content (AvgIpc) is 3.45. The number of carbonyl (C=O) groups excluding carboxylic acids is 3. The second-order valence-corrected chi connectivity index (χ2v) is 8.70. The van der Waals surface area contributed by atoms with E-state index in [0.29, 0.717) is 40.9 Å². The van der Waals surface area contributed by atoms with Crippen molar-refractivity contribution in [2.45, 2.75) is 32.9 Å². The molecule has 3 amide bonds. The summed E-state index contributed by atoms with van der Waals surface area (Å²) in [6.45, 7) is 2.41. The van der Waals surface area contributed by atoms with Crippen LogP contribution in [0.15, 0.2) is 45.9 Å². The van der Waals surface area contributed by atoms with Gasteiger partial charge in [0.05, 0.1) is 18.0 Å². The van der Waals surface area contributed by atoms with Crippen molar-refractivity contribution in [1.82, 2.24) is 15.7 Å². The minimum atomic E-state index is -0.357. The molecule has 1 aromatic carbocycles. The molecule has 0 atom stereocenters. The molecular weight excluding hydrogens is 458 g/mol. The summed E-state index contributed by atoms with van der Waals surface area (Å²) in [6.07, 6.45) is 0.530. The fourth-order valence-corrected chi connectivity index (χ4v) is 4.10. The number of thiophene rings is 1. The number of amides is 3. The molecule has 0 aliphatic carbocycles. The first-order valence-corrected chi connectivity index (χ1v) is 11.3. The number of aryl methyl sites for hydroxylation is 1. The van der Waals surface area contributed by atoms with Crippen LogP contribution < -0.4 is 16.1 Å². The number of hydrazone groups is 1. The largest absolute Gasteiger partial charge is 0.441 e. The smallest absolute Gasteiger partial charge is 0.267 e. The third-order valence-electron chi connectivity index (χ3n) is 5.04. The maximum absolute atomic E-state index is 12.5. The quantitative estimate of drug-likeness (QED) is 0.453. The van der Waals surface area contributed by atoms with E-state index in [1.54, 1.807) is 44.4 Å². The topological polar surface area (TPSA) is 135 Å². The molecule has 176 valence electrons. The van der Waals surface area contributed by atoms with Crippen molar-refractivity contribution in [1.29, 1.82) is 0 Å². The van der Waals surface area contributed by atoms with Gasteiger partial charge in [0.2, 0.25) is 11.8 Å². The number of ether oxygens (including phenoxy) is 1. The van der Waals surface area contributed by atoms with Crippen molar-refractivity contribution in [2.24, 2.45) is 5.10 Å². The lowest BCUT2D eigenvalue weighted by atomic mass is 10.1. The minimum absolute atomic E-state index is 0.168. The summed E-state index contributed by atoms with van der Waals surface area (Å²) in [7, 11) is 1.62. The first-order valence-electron chi connectivity index (χ1n) is 10.5. The van der Waals surface area contributed by atoms with Gasteiger partial charge in [-0.05, 0) is 43.3 Å². The number of nitrogens with zero attached hydrogens (tertiary/aromatic N) is 2. The first kappa shape index (κ1) is 23.3. The zero-order chi connectivity index (χ0) is 24.1. The van der Waals surface area contributed by atoms with E-state index in [2.05, 4.69) is 26.1 Å². The summed E-state index contributed by atoms with van der Waals surface area (Å²) < 4.78 is 10.8. The lowest BCUT2D eigenvalue weighted by Crippen LogP contribution is -2.36. The van der Waals surface area contributed by atoms with E-state index in [1.807, 2.05) is 6.07 Å². The van der Waals surface area contributed by atoms with Crippen molar-refractivity contribution in [3.8, 4) is 11.5 Å². The molecule has 3 N–H and O–H groups in total. The van der Waals surface area contributed by atoms with Gasteiger partial charge >= 0.3 is 0 Å². The van der Waals surface area contributed by atoms with Crippen LogP contribution >= 0.6 is 11.3 Å². The molecule has 0 unspecified atom stereocenters. The van der Waals surface area contributed by atoms with Gasteiger partial charge in [-0.25, -0.2) is 10.4 Å². The van der Waals surface area contributed by atoms with Gasteiger partial charge in [0.15, 0.2) is 0 Å². The van der Waals surface area contributed by atoms with Gasteiger partial charge in [0, 0.05) is 36.1 Å². The van der Waals surface area contributed by atoms with E-state index < -0.39 is 0 Å². The Kier molecular flexibility index (Phi) is 7.14. The maximum Gasteiger partial charge on any atom is 0.267 e. The zero-order valence-electron chi connectivity index (χ0n) is 18.6. The molecule has 10 nitrogen and oxygen atoms in total. The van der Waals surface area contributed by atoms with Gasteiger partial charge in [-0.2, -0.15) is 5.10 Å². The average molecular weight is 482 g/mol. The van der Waals surface area contributed by atoms with E-state index in [0.717, 1.165) is 10.4 Å². The Balaban J connectivity index is 1.36. The number of methoxy groups -OCH3 is 1. The SMILES string of the molecule is COCc1ccc(C(=O)Nc2ccc(-c3nc(CNC(=O)C4=NNC(=O)CC4)c(C)o3)cc2)s1. The van der Waals surface area contributed by atoms with Crippen LogP contribution in [-0.2, 0) is 27.5 Å². The third-order valence-corrected chi connectivity index (χ3v) is 6.09. The fraction of sp³-hybridized carbons (Fsp3) is 0.261. The van der Waals surface area contributed by atoms with Crippen molar-refractivity contribution < 1.29 is 23.5 Å². The van der Waals surface area contributed by atoms with Crippen molar-refractivity contribution >= 4 is 40.5 Å². The number of nitrogens with one attached hydrogen (secondary N) is 3. The monoisotopic (exact) mass is 481 g/mol. The van der Waals surface area contributed by atoms with Gasteiger partial charge in [-0.3, -0.25) is 14.4 Å². The highest BCUT2D eigenvalue weighted by atomic mass is 32.1. The summed E-state index contributed by atoms with van der Waals surface area (Å²) in [5.74, 6) is 0.235. The number of benzene rings is 1. The molecule has 0 bridgehead atoms. The van der Waals surface area contributed by atoms with Gasteiger partial charge in [0.1, 0.15) is 17.2 Å². The van der Waals surface area contributed by atoms with E-state index in [1.165, 1.54) is 11.3 Å². The predicted molar refractivity (Wildman–Crippen MR) is 126 cm³/mol. The molecule has 34 heavy (non-hydrogen) atoms. The van der Waals surface area contributed by atoms with Crippen LogP contribution in [0.4, 0.5) is 5.69 Å². The highest BCUT2D eigenvalue weighted by molar-refractivity contribution is 7.14. The Morgan fingerprint density at radius 3 is 2.65 bits per heavy atom. The second kappa shape index (κ2) is 10.4. The molecule has 4 rings (SSSR count). The molecule has 3 aromatic rings. The number of oxazole rings is 1. The molecule has 0 saturated heterocycles.